The Balaban J connectivity index is 0.000000329. The lowest BCUT2D eigenvalue weighted by atomic mass is 9.43. The van der Waals surface area contributed by atoms with Gasteiger partial charge in [0.25, 0.3) is 0 Å². The standard InChI is InChI=1S/C14H24.C2H6O/c1-3-13-6-11-5-12(7-13)9-14(4-2,8-11)10-13;1-2-3/h11-12H,3-10H2,1-2H3;3H,2H2,1H3. The first-order valence-corrected chi connectivity index (χ1v) is 7.72. The lowest BCUT2D eigenvalue weighted by Gasteiger charge is -2.62. The first-order chi connectivity index (χ1) is 8.11. The zero-order valence-electron chi connectivity index (χ0n) is 12.0. The zero-order valence-corrected chi connectivity index (χ0v) is 12.0. The summed E-state index contributed by atoms with van der Waals surface area (Å²) >= 11 is 0. The predicted octanol–water partition coefficient (Wildman–Crippen LogP) is 4.39. The van der Waals surface area contributed by atoms with Crippen LogP contribution in [-0.4, -0.2) is 11.7 Å². The van der Waals surface area contributed by atoms with E-state index in [1.54, 1.807) is 45.4 Å². The molecule has 0 saturated heterocycles. The molecule has 1 heteroatoms. The van der Waals surface area contributed by atoms with Crippen molar-refractivity contribution in [1.29, 1.82) is 0 Å². The Hall–Kier alpha value is -0.0400. The average molecular weight is 238 g/mol. The minimum atomic E-state index is 0.250. The third kappa shape index (κ3) is 2.41. The van der Waals surface area contributed by atoms with Gasteiger partial charge in [0, 0.05) is 6.61 Å². The van der Waals surface area contributed by atoms with Gasteiger partial charge in [0.05, 0.1) is 0 Å². The third-order valence-corrected chi connectivity index (χ3v) is 5.80. The SMILES string of the molecule is CCC12CC3CC(C1)CC(CC)(C3)C2.CCO. The van der Waals surface area contributed by atoms with Gasteiger partial charge in [-0.25, -0.2) is 0 Å². The number of aliphatic hydroxyl groups excluding tert-OH is 1. The maximum Gasteiger partial charge on any atom is 0.0402 e. The Morgan fingerprint density at radius 1 is 0.882 bits per heavy atom. The number of hydrogen-bond acceptors (Lipinski definition) is 1. The second-order valence-corrected chi connectivity index (χ2v) is 6.98. The monoisotopic (exact) mass is 238 g/mol. The van der Waals surface area contributed by atoms with Gasteiger partial charge in [-0.15, -0.1) is 0 Å². The Morgan fingerprint density at radius 3 is 1.53 bits per heavy atom. The molecule has 0 spiro atoms. The van der Waals surface area contributed by atoms with E-state index in [0.717, 1.165) is 22.7 Å². The lowest BCUT2D eigenvalue weighted by molar-refractivity contribution is -0.113. The number of hydrogen-bond donors (Lipinski definition) is 1. The van der Waals surface area contributed by atoms with E-state index >= 15 is 0 Å². The topological polar surface area (TPSA) is 20.2 Å². The summed E-state index contributed by atoms with van der Waals surface area (Å²) in [5, 5.41) is 7.57. The van der Waals surface area contributed by atoms with Gasteiger partial charge in [-0.1, -0.05) is 26.7 Å². The molecule has 0 aromatic heterocycles. The van der Waals surface area contributed by atoms with Gasteiger partial charge in [-0.2, -0.15) is 0 Å². The molecule has 1 N–H and O–H groups in total. The van der Waals surface area contributed by atoms with Crippen LogP contribution in [0.2, 0.25) is 0 Å². The van der Waals surface area contributed by atoms with Crippen molar-refractivity contribution in [3.63, 3.8) is 0 Å². The fourth-order valence-corrected chi connectivity index (χ4v) is 5.48. The Bertz CT molecular complexity index is 222. The molecule has 0 atom stereocenters. The van der Waals surface area contributed by atoms with E-state index in [0.29, 0.717) is 0 Å². The van der Waals surface area contributed by atoms with Crippen LogP contribution in [-0.2, 0) is 0 Å². The average Bonchev–Trinajstić information content (AvgIpc) is 2.28. The molecule has 100 valence electrons. The molecule has 0 unspecified atom stereocenters. The molecule has 4 rings (SSSR count). The molecule has 4 aliphatic rings. The van der Waals surface area contributed by atoms with Crippen LogP contribution in [0.4, 0.5) is 0 Å². The van der Waals surface area contributed by atoms with Crippen molar-refractivity contribution >= 4 is 0 Å². The van der Waals surface area contributed by atoms with E-state index in [-0.39, 0.29) is 6.61 Å². The van der Waals surface area contributed by atoms with E-state index in [9.17, 15) is 0 Å². The summed E-state index contributed by atoms with van der Waals surface area (Å²) in [6, 6.07) is 0. The molecule has 4 aliphatic carbocycles. The van der Waals surface area contributed by atoms with Gasteiger partial charge < -0.3 is 5.11 Å². The molecule has 4 bridgehead atoms. The van der Waals surface area contributed by atoms with E-state index in [4.69, 9.17) is 5.11 Å². The summed E-state index contributed by atoms with van der Waals surface area (Å²) in [6.07, 6.45) is 12.4. The summed E-state index contributed by atoms with van der Waals surface area (Å²) < 4.78 is 0. The van der Waals surface area contributed by atoms with Crippen molar-refractivity contribution in [1.82, 2.24) is 0 Å². The van der Waals surface area contributed by atoms with E-state index in [1.165, 1.54) is 12.8 Å². The molecule has 4 fully saturated rings. The summed E-state index contributed by atoms with van der Waals surface area (Å²) in [5.74, 6) is 2.24. The first kappa shape index (κ1) is 13.4. The highest BCUT2D eigenvalue weighted by Gasteiger charge is 2.55. The van der Waals surface area contributed by atoms with Gasteiger partial charge in [0.2, 0.25) is 0 Å². The number of rotatable bonds is 2. The van der Waals surface area contributed by atoms with Crippen molar-refractivity contribution < 1.29 is 5.11 Å². The smallest absolute Gasteiger partial charge is 0.0402 e. The Kier molecular flexibility index (Phi) is 3.87. The summed E-state index contributed by atoms with van der Waals surface area (Å²) in [7, 11) is 0. The molecular formula is C16H30O. The largest absolute Gasteiger partial charge is 0.397 e. The minimum absolute atomic E-state index is 0.250. The highest BCUT2D eigenvalue weighted by molar-refractivity contribution is 5.06. The van der Waals surface area contributed by atoms with Crippen LogP contribution >= 0.6 is 0 Å². The van der Waals surface area contributed by atoms with Gasteiger partial charge in [0.1, 0.15) is 0 Å². The Morgan fingerprint density at radius 2 is 1.24 bits per heavy atom. The van der Waals surface area contributed by atoms with Crippen LogP contribution in [0.25, 0.3) is 0 Å². The zero-order chi connectivity index (χ0) is 12.5. The molecular weight excluding hydrogens is 208 g/mol. The van der Waals surface area contributed by atoms with Gasteiger partial charge in [0.15, 0.2) is 0 Å². The van der Waals surface area contributed by atoms with Crippen molar-refractivity contribution in [2.45, 2.75) is 72.1 Å². The van der Waals surface area contributed by atoms with Crippen LogP contribution < -0.4 is 0 Å². The van der Waals surface area contributed by atoms with Gasteiger partial charge in [-0.05, 0) is 68.1 Å². The van der Waals surface area contributed by atoms with Crippen molar-refractivity contribution in [3.8, 4) is 0 Å². The van der Waals surface area contributed by atoms with Crippen molar-refractivity contribution in [3.05, 3.63) is 0 Å². The van der Waals surface area contributed by atoms with Crippen LogP contribution in [0.1, 0.15) is 72.1 Å². The second kappa shape index (κ2) is 4.91. The molecule has 0 aromatic carbocycles. The highest BCUT2D eigenvalue weighted by atomic mass is 16.2. The van der Waals surface area contributed by atoms with E-state index < -0.39 is 0 Å². The molecule has 0 aromatic rings. The van der Waals surface area contributed by atoms with Gasteiger partial charge >= 0.3 is 0 Å². The van der Waals surface area contributed by atoms with E-state index in [2.05, 4.69) is 13.8 Å². The molecule has 0 radical (unpaired) electrons. The minimum Gasteiger partial charge on any atom is -0.397 e. The van der Waals surface area contributed by atoms with Crippen LogP contribution in [0.5, 0.6) is 0 Å². The van der Waals surface area contributed by atoms with Crippen molar-refractivity contribution in [2.24, 2.45) is 22.7 Å². The first-order valence-electron chi connectivity index (χ1n) is 7.72. The molecule has 17 heavy (non-hydrogen) atoms. The maximum absolute atomic E-state index is 7.57. The normalized spacial score (nSPS) is 46.6. The maximum atomic E-state index is 7.57. The fraction of sp³-hybridized carbons (Fsp3) is 1.00. The molecule has 0 aliphatic heterocycles. The summed E-state index contributed by atoms with van der Waals surface area (Å²) in [6.45, 7) is 6.81. The molecule has 1 nitrogen and oxygen atoms in total. The quantitative estimate of drug-likeness (QED) is 0.756. The highest BCUT2D eigenvalue weighted by Crippen LogP contribution is 2.67. The van der Waals surface area contributed by atoms with Crippen LogP contribution in [0.3, 0.4) is 0 Å². The summed E-state index contributed by atoms with van der Waals surface area (Å²) in [4.78, 5) is 0. The van der Waals surface area contributed by atoms with Gasteiger partial charge in [-0.3, -0.25) is 0 Å². The predicted molar refractivity (Wildman–Crippen MR) is 72.9 cm³/mol. The molecule has 0 heterocycles. The van der Waals surface area contributed by atoms with Crippen LogP contribution in [0.15, 0.2) is 0 Å². The molecule has 4 saturated carbocycles. The van der Waals surface area contributed by atoms with Crippen LogP contribution in [0, 0.1) is 22.7 Å². The lowest BCUT2D eigenvalue weighted by Crippen LogP contribution is -2.51. The second-order valence-electron chi connectivity index (χ2n) is 6.98. The Labute approximate surface area is 107 Å². The fourth-order valence-electron chi connectivity index (χ4n) is 5.48. The number of aliphatic hydroxyl groups is 1. The molecule has 0 amide bonds. The third-order valence-electron chi connectivity index (χ3n) is 5.80. The van der Waals surface area contributed by atoms with Crippen molar-refractivity contribution in [2.75, 3.05) is 6.61 Å². The summed E-state index contributed by atoms with van der Waals surface area (Å²) in [5.41, 5.74) is 1.61. The van der Waals surface area contributed by atoms with E-state index in [1.807, 2.05) is 0 Å².